The molecule has 0 spiro atoms. The molecule has 3 nitrogen and oxygen atoms in total. The van der Waals surface area contributed by atoms with Gasteiger partial charge in [-0.1, -0.05) is 37.6 Å². The van der Waals surface area contributed by atoms with Gasteiger partial charge in [-0.15, -0.1) is 6.58 Å². The van der Waals surface area contributed by atoms with Crippen LogP contribution >= 0.6 is 0 Å². The summed E-state index contributed by atoms with van der Waals surface area (Å²) >= 11 is 0. The van der Waals surface area contributed by atoms with Gasteiger partial charge < -0.3 is 9.47 Å². The first kappa shape index (κ1) is 19.9. The molecule has 0 radical (unpaired) electrons. The van der Waals surface area contributed by atoms with Gasteiger partial charge in [0.15, 0.2) is 0 Å². The molecule has 0 saturated heterocycles. The van der Waals surface area contributed by atoms with Gasteiger partial charge in [0.2, 0.25) is 0 Å². The third-order valence-electron chi connectivity index (χ3n) is 4.60. The van der Waals surface area contributed by atoms with Gasteiger partial charge in [0.05, 0.1) is 18.8 Å². The van der Waals surface area contributed by atoms with Gasteiger partial charge in [-0.25, -0.2) is 9.18 Å². The molecule has 0 bridgehead atoms. The van der Waals surface area contributed by atoms with Crippen LogP contribution in [-0.4, -0.2) is 20.2 Å². The predicted molar refractivity (Wildman–Crippen MR) is 102 cm³/mol. The lowest BCUT2D eigenvalue weighted by atomic mass is 9.79. The van der Waals surface area contributed by atoms with Crippen LogP contribution in [0.4, 0.5) is 4.39 Å². The van der Waals surface area contributed by atoms with Crippen molar-refractivity contribution in [1.82, 2.24) is 0 Å². The molecule has 26 heavy (non-hydrogen) atoms. The van der Waals surface area contributed by atoms with Crippen LogP contribution < -0.4 is 0 Å². The van der Waals surface area contributed by atoms with Gasteiger partial charge in [-0.3, -0.25) is 0 Å². The van der Waals surface area contributed by atoms with Gasteiger partial charge in [0, 0.05) is 18.1 Å². The molecule has 0 aliphatic rings. The van der Waals surface area contributed by atoms with Crippen molar-refractivity contribution in [2.75, 3.05) is 14.2 Å². The maximum Gasteiger partial charge on any atom is 0.337 e. The van der Waals surface area contributed by atoms with Crippen molar-refractivity contribution in [3.8, 4) is 11.1 Å². The molecule has 2 aromatic carbocycles. The number of hydrogen-bond donors (Lipinski definition) is 0. The molecule has 2 aromatic rings. The molecule has 0 saturated carbocycles. The summed E-state index contributed by atoms with van der Waals surface area (Å²) in [6, 6.07) is 10.1. The van der Waals surface area contributed by atoms with Crippen molar-refractivity contribution in [3.05, 3.63) is 71.6 Å². The van der Waals surface area contributed by atoms with E-state index in [4.69, 9.17) is 9.47 Å². The first-order valence-electron chi connectivity index (χ1n) is 8.40. The van der Waals surface area contributed by atoms with E-state index < -0.39 is 17.5 Å². The van der Waals surface area contributed by atoms with Crippen LogP contribution in [0.1, 0.15) is 41.4 Å². The lowest BCUT2D eigenvalue weighted by molar-refractivity contribution is 0.0305. The van der Waals surface area contributed by atoms with Crippen LogP contribution in [0.15, 0.2) is 49.1 Å². The predicted octanol–water partition coefficient (Wildman–Crippen LogP) is 5.49. The fourth-order valence-electron chi connectivity index (χ4n) is 3.05. The number of benzene rings is 2. The van der Waals surface area contributed by atoms with E-state index >= 15 is 0 Å². The number of aryl methyl sites for hydroxylation is 1. The van der Waals surface area contributed by atoms with Crippen LogP contribution in [-0.2, 0) is 9.47 Å². The summed E-state index contributed by atoms with van der Waals surface area (Å²) in [7, 11) is 2.93. The Morgan fingerprint density at radius 3 is 2.42 bits per heavy atom. The molecular formula is C22H25FO3. The minimum Gasteiger partial charge on any atom is -0.465 e. The minimum absolute atomic E-state index is 0.325. The maximum atomic E-state index is 14.6. The minimum atomic E-state index is -0.450. The van der Waals surface area contributed by atoms with Gasteiger partial charge >= 0.3 is 5.97 Å². The van der Waals surface area contributed by atoms with E-state index in [1.807, 2.05) is 20.8 Å². The standard InChI is InChI=1S/C22H25FO3/c1-7-22(3,4)20(25-5)18-13-15(21(24)26-6)9-10-16(18)17-12-14(2)8-11-19(17)23/h7-13,20H,1H2,2-6H3. The molecule has 0 N–H and O–H groups in total. The zero-order valence-electron chi connectivity index (χ0n) is 15.9. The molecule has 1 unspecified atom stereocenters. The second kappa shape index (κ2) is 7.83. The number of ether oxygens (including phenoxy) is 2. The lowest BCUT2D eigenvalue weighted by Crippen LogP contribution is -2.22. The molecule has 2 rings (SSSR count). The van der Waals surface area contributed by atoms with E-state index in [0.29, 0.717) is 22.3 Å². The lowest BCUT2D eigenvalue weighted by Gasteiger charge is -2.32. The van der Waals surface area contributed by atoms with Crippen molar-refractivity contribution < 1.29 is 18.7 Å². The Morgan fingerprint density at radius 2 is 1.85 bits per heavy atom. The van der Waals surface area contributed by atoms with E-state index in [9.17, 15) is 9.18 Å². The number of halogens is 1. The van der Waals surface area contributed by atoms with E-state index in [1.165, 1.54) is 13.2 Å². The first-order valence-corrected chi connectivity index (χ1v) is 8.40. The number of carbonyl (C=O) groups is 1. The Bertz CT molecular complexity index is 824. The molecule has 0 aromatic heterocycles. The van der Waals surface area contributed by atoms with E-state index in [0.717, 1.165) is 5.56 Å². The third kappa shape index (κ3) is 3.86. The fourth-order valence-corrected chi connectivity index (χ4v) is 3.05. The highest BCUT2D eigenvalue weighted by atomic mass is 19.1. The summed E-state index contributed by atoms with van der Waals surface area (Å²) < 4.78 is 25.1. The Morgan fingerprint density at radius 1 is 1.15 bits per heavy atom. The van der Waals surface area contributed by atoms with E-state index in [2.05, 4.69) is 6.58 Å². The molecule has 1 atom stereocenters. The second-order valence-corrected chi connectivity index (χ2v) is 6.92. The van der Waals surface area contributed by atoms with Crippen LogP contribution in [0.25, 0.3) is 11.1 Å². The van der Waals surface area contributed by atoms with Crippen LogP contribution in [0.2, 0.25) is 0 Å². The summed E-state index contributed by atoms with van der Waals surface area (Å²) in [6.07, 6.45) is 1.38. The quantitative estimate of drug-likeness (QED) is 0.507. The summed E-state index contributed by atoms with van der Waals surface area (Å²) in [5.74, 6) is -0.775. The molecule has 0 aliphatic carbocycles. The average molecular weight is 356 g/mol. The van der Waals surface area contributed by atoms with Crippen molar-refractivity contribution in [2.24, 2.45) is 5.41 Å². The largest absolute Gasteiger partial charge is 0.465 e. The zero-order valence-corrected chi connectivity index (χ0v) is 15.9. The van der Waals surface area contributed by atoms with Crippen LogP contribution in [0.5, 0.6) is 0 Å². The summed E-state index contributed by atoms with van der Waals surface area (Å²) in [5.41, 5.74) is 2.77. The van der Waals surface area contributed by atoms with Crippen molar-refractivity contribution in [1.29, 1.82) is 0 Å². The highest BCUT2D eigenvalue weighted by molar-refractivity contribution is 5.90. The third-order valence-corrected chi connectivity index (χ3v) is 4.60. The maximum absolute atomic E-state index is 14.6. The van der Waals surface area contributed by atoms with Crippen LogP contribution in [0, 0.1) is 18.2 Å². The Balaban J connectivity index is 2.77. The molecular weight excluding hydrogens is 331 g/mol. The molecule has 0 amide bonds. The van der Waals surface area contributed by atoms with Crippen LogP contribution in [0.3, 0.4) is 0 Å². The first-order chi connectivity index (χ1) is 12.2. The van der Waals surface area contributed by atoms with Crippen molar-refractivity contribution in [2.45, 2.75) is 26.9 Å². The van der Waals surface area contributed by atoms with E-state index in [1.54, 1.807) is 43.5 Å². The van der Waals surface area contributed by atoms with Crippen molar-refractivity contribution >= 4 is 5.97 Å². The highest BCUT2D eigenvalue weighted by Gasteiger charge is 2.31. The summed E-state index contributed by atoms with van der Waals surface area (Å²) in [5, 5.41) is 0. The highest BCUT2D eigenvalue weighted by Crippen LogP contribution is 2.42. The normalized spacial score (nSPS) is 12.5. The SMILES string of the molecule is C=CC(C)(C)C(OC)c1cc(C(=O)OC)ccc1-c1cc(C)ccc1F. The Labute approximate surface area is 154 Å². The molecule has 0 heterocycles. The topological polar surface area (TPSA) is 35.5 Å². The number of rotatable bonds is 6. The molecule has 4 heteroatoms. The number of hydrogen-bond acceptors (Lipinski definition) is 3. The smallest absolute Gasteiger partial charge is 0.337 e. The van der Waals surface area contributed by atoms with Gasteiger partial charge in [0.1, 0.15) is 5.82 Å². The number of methoxy groups -OCH3 is 2. The second-order valence-electron chi connectivity index (χ2n) is 6.92. The zero-order chi connectivity index (χ0) is 19.5. The molecule has 138 valence electrons. The molecule has 0 aliphatic heterocycles. The Hall–Kier alpha value is -2.46. The van der Waals surface area contributed by atoms with Gasteiger partial charge in [-0.05, 0) is 42.3 Å². The average Bonchev–Trinajstić information content (AvgIpc) is 2.63. The number of carbonyl (C=O) groups excluding carboxylic acids is 1. The van der Waals surface area contributed by atoms with E-state index in [-0.39, 0.29) is 5.82 Å². The summed E-state index contributed by atoms with van der Waals surface area (Å²) in [6.45, 7) is 9.76. The molecule has 0 fully saturated rings. The fraction of sp³-hybridized carbons (Fsp3) is 0.318. The van der Waals surface area contributed by atoms with Gasteiger partial charge in [-0.2, -0.15) is 0 Å². The monoisotopic (exact) mass is 356 g/mol. The Kier molecular flexibility index (Phi) is 5.98. The van der Waals surface area contributed by atoms with Crippen molar-refractivity contribution in [3.63, 3.8) is 0 Å². The summed E-state index contributed by atoms with van der Waals surface area (Å²) in [4.78, 5) is 12.0. The number of esters is 1. The van der Waals surface area contributed by atoms with Gasteiger partial charge in [0.25, 0.3) is 0 Å².